The summed E-state index contributed by atoms with van der Waals surface area (Å²) in [7, 11) is 0. The third-order valence-corrected chi connectivity index (χ3v) is 5.27. The first-order valence-corrected chi connectivity index (χ1v) is 8.16. The van der Waals surface area contributed by atoms with E-state index in [0.29, 0.717) is 17.5 Å². The second kappa shape index (κ2) is 6.70. The molecule has 1 aromatic heterocycles. The third kappa shape index (κ3) is 3.40. The van der Waals surface area contributed by atoms with Crippen molar-refractivity contribution in [3.8, 4) is 0 Å². The highest BCUT2D eigenvalue weighted by Crippen LogP contribution is 2.43. The van der Waals surface area contributed by atoms with Crippen LogP contribution in [-0.2, 0) is 0 Å². The van der Waals surface area contributed by atoms with E-state index in [2.05, 4.69) is 47.8 Å². The Bertz CT molecular complexity index is 385. The smallest absolute Gasteiger partial charge is 0.137 e. The Kier molecular flexibility index (Phi) is 5.19. The van der Waals surface area contributed by atoms with Crippen molar-refractivity contribution in [2.75, 3.05) is 6.54 Å². The molecular weight excluding hydrogens is 248 g/mol. The molecule has 3 atom stereocenters. The molecule has 3 unspecified atom stereocenters. The molecule has 4 nitrogen and oxygen atoms in total. The lowest BCUT2D eigenvalue weighted by Gasteiger charge is -2.43. The van der Waals surface area contributed by atoms with E-state index in [1.54, 1.807) is 6.33 Å². The molecule has 0 amide bonds. The zero-order chi connectivity index (χ0) is 14.6. The fraction of sp³-hybridized carbons (Fsp3) is 0.875. The summed E-state index contributed by atoms with van der Waals surface area (Å²) in [4.78, 5) is 4.14. The maximum Gasteiger partial charge on any atom is 0.137 e. The summed E-state index contributed by atoms with van der Waals surface area (Å²) >= 11 is 0. The molecular formula is C16H30N4. The van der Waals surface area contributed by atoms with E-state index in [-0.39, 0.29) is 0 Å². The van der Waals surface area contributed by atoms with Crippen LogP contribution in [-0.4, -0.2) is 27.4 Å². The van der Waals surface area contributed by atoms with Crippen LogP contribution in [0.2, 0.25) is 0 Å². The average molecular weight is 278 g/mol. The van der Waals surface area contributed by atoms with Crippen LogP contribution in [0.3, 0.4) is 0 Å². The largest absolute Gasteiger partial charge is 0.312 e. The van der Waals surface area contributed by atoms with E-state index in [1.165, 1.54) is 32.1 Å². The molecule has 0 aromatic carbocycles. The maximum absolute atomic E-state index is 4.41. The zero-order valence-corrected chi connectivity index (χ0v) is 13.5. The van der Waals surface area contributed by atoms with Crippen LogP contribution < -0.4 is 5.32 Å². The Balaban J connectivity index is 2.11. The van der Waals surface area contributed by atoms with Gasteiger partial charge in [0.2, 0.25) is 0 Å². The van der Waals surface area contributed by atoms with Crippen molar-refractivity contribution in [1.29, 1.82) is 0 Å². The maximum atomic E-state index is 4.41. The van der Waals surface area contributed by atoms with Crippen molar-refractivity contribution < 1.29 is 0 Å². The molecule has 1 saturated carbocycles. The van der Waals surface area contributed by atoms with Crippen LogP contribution in [0.25, 0.3) is 0 Å². The van der Waals surface area contributed by atoms with Crippen molar-refractivity contribution in [2.24, 2.45) is 11.3 Å². The van der Waals surface area contributed by atoms with E-state index in [9.17, 15) is 0 Å². The normalized spacial score (nSPS) is 27.7. The molecule has 0 spiro atoms. The first-order valence-electron chi connectivity index (χ1n) is 8.16. The fourth-order valence-corrected chi connectivity index (χ4v) is 3.39. The summed E-state index contributed by atoms with van der Waals surface area (Å²) in [6.07, 6.45) is 9.76. The summed E-state index contributed by atoms with van der Waals surface area (Å²) in [5, 5.41) is 8.12. The van der Waals surface area contributed by atoms with E-state index >= 15 is 0 Å². The summed E-state index contributed by atoms with van der Waals surface area (Å²) in [5.74, 6) is 0.779. The monoisotopic (exact) mass is 278 g/mol. The lowest BCUT2D eigenvalue weighted by molar-refractivity contribution is 0.0960. The molecule has 1 aliphatic rings. The minimum Gasteiger partial charge on any atom is -0.312 e. The molecule has 0 aliphatic heterocycles. The molecule has 20 heavy (non-hydrogen) atoms. The van der Waals surface area contributed by atoms with Crippen molar-refractivity contribution >= 4 is 0 Å². The highest BCUT2D eigenvalue weighted by atomic mass is 15.3. The third-order valence-electron chi connectivity index (χ3n) is 5.27. The summed E-state index contributed by atoms with van der Waals surface area (Å²) in [6.45, 7) is 10.5. The summed E-state index contributed by atoms with van der Waals surface area (Å²) < 4.78 is 2.07. The van der Waals surface area contributed by atoms with E-state index in [0.717, 1.165) is 12.5 Å². The standard InChI is InChI=1S/C16H30N4/c1-5-9-18-14-8-7-13(16(3,4)6-2)10-15(14)20-12-17-11-19-20/h11-15,18H,5-10H2,1-4H3. The van der Waals surface area contributed by atoms with Gasteiger partial charge in [-0.2, -0.15) is 5.10 Å². The van der Waals surface area contributed by atoms with Crippen LogP contribution in [0.4, 0.5) is 0 Å². The number of nitrogens with one attached hydrogen (secondary N) is 1. The number of nitrogens with zero attached hydrogens (tertiary/aromatic N) is 3. The van der Waals surface area contributed by atoms with Gasteiger partial charge in [-0.05, 0) is 43.6 Å². The number of hydrogen-bond acceptors (Lipinski definition) is 3. The first kappa shape index (κ1) is 15.5. The van der Waals surface area contributed by atoms with Gasteiger partial charge in [0, 0.05) is 6.04 Å². The summed E-state index contributed by atoms with van der Waals surface area (Å²) in [5.41, 5.74) is 0.425. The van der Waals surface area contributed by atoms with Gasteiger partial charge in [0.05, 0.1) is 6.04 Å². The quantitative estimate of drug-likeness (QED) is 0.867. The lowest BCUT2D eigenvalue weighted by Crippen LogP contribution is -2.44. The van der Waals surface area contributed by atoms with E-state index in [4.69, 9.17) is 0 Å². The molecule has 1 aliphatic carbocycles. The van der Waals surface area contributed by atoms with Crippen LogP contribution in [0.15, 0.2) is 12.7 Å². The fourth-order valence-electron chi connectivity index (χ4n) is 3.39. The average Bonchev–Trinajstić information content (AvgIpc) is 2.99. The van der Waals surface area contributed by atoms with E-state index < -0.39 is 0 Å². The van der Waals surface area contributed by atoms with Gasteiger partial charge >= 0.3 is 0 Å². The van der Waals surface area contributed by atoms with Crippen LogP contribution in [0.1, 0.15) is 65.8 Å². The molecule has 4 heteroatoms. The van der Waals surface area contributed by atoms with Crippen molar-refractivity contribution in [3.05, 3.63) is 12.7 Å². The van der Waals surface area contributed by atoms with Crippen molar-refractivity contribution in [3.63, 3.8) is 0 Å². The number of rotatable bonds is 6. The molecule has 1 heterocycles. The van der Waals surface area contributed by atoms with Gasteiger partial charge in [-0.3, -0.25) is 0 Å². The van der Waals surface area contributed by atoms with Gasteiger partial charge in [-0.1, -0.05) is 34.1 Å². The van der Waals surface area contributed by atoms with Gasteiger partial charge in [0.25, 0.3) is 0 Å². The topological polar surface area (TPSA) is 42.7 Å². The molecule has 1 fully saturated rings. The van der Waals surface area contributed by atoms with Crippen molar-refractivity contribution in [2.45, 2.75) is 71.9 Å². The number of aromatic nitrogens is 3. The van der Waals surface area contributed by atoms with Crippen LogP contribution in [0, 0.1) is 11.3 Å². The van der Waals surface area contributed by atoms with Gasteiger partial charge < -0.3 is 5.32 Å². The molecule has 2 rings (SSSR count). The molecule has 1 N–H and O–H groups in total. The van der Waals surface area contributed by atoms with Gasteiger partial charge in [0.15, 0.2) is 0 Å². The Hall–Kier alpha value is -0.900. The van der Waals surface area contributed by atoms with Gasteiger partial charge in [0.1, 0.15) is 12.7 Å². The van der Waals surface area contributed by atoms with Crippen LogP contribution in [0.5, 0.6) is 0 Å². The van der Waals surface area contributed by atoms with Crippen LogP contribution >= 0.6 is 0 Å². The molecule has 0 bridgehead atoms. The molecule has 114 valence electrons. The molecule has 0 saturated heterocycles. The Morgan fingerprint density at radius 2 is 2.10 bits per heavy atom. The molecule has 0 radical (unpaired) electrons. The SMILES string of the molecule is CCCNC1CCC(C(C)(C)CC)CC1n1cncn1. The minimum absolute atomic E-state index is 0.425. The predicted molar refractivity (Wildman–Crippen MR) is 82.6 cm³/mol. The zero-order valence-electron chi connectivity index (χ0n) is 13.5. The Labute approximate surface area is 123 Å². The Morgan fingerprint density at radius 3 is 2.70 bits per heavy atom. The highest BCUT2D eigenvalue weighted by Gasteiger charge is 2.38. The molecule has 1 aromatic rings. The second-order valence-corrected chi connectivity index (χ2v) is 6.86. The van der Waals surface area contributed by atoms with Gasteiger partial charge in [-0.25, -0.2) is 9.67 Å². The minimum atomic E-state index is 0.425. The number of hydrogen-bond donors (Lipinski definition) is 1. The van der Waals surface area contributed by atoms with Crippen molar-refractivity contribution in [1.82, 2.24) is 20.1 Å². The predicted octanol–water partition coefficient (Wildman–Crippen LogP) is 3.42. The van der Waals surface area contributed by atoms with E-state index in [1.807, 2.05) is 6.33 Å². The second-order valence-electron chi connectivity index (χ2n) is 6.86. The summed E-state index contributed by atoms with van der Waals surface area (Å²) in [6, 6.07) is 0.995. The highest BCUT2D eigenvalue weighted by molar-refractivity contribution is 4.92. The first-order chi connectivity index (χ1) is 9.58. The lowest BCUT2D eigenvalue weighted by atomic mass is 9.67. The Morgan fingerprint density at radius 1 is 1.30 bits per heavy atom. The van der Waals surface area contributed by atoms with Gasteiger partial charge in [-0.15, -0.1) is 0 Å².